The number of anilines is 1. The number of carbonyl (C=O) groups excluding carboxylic acids is 2. The summed E-state index contributed by atoms with van der Waals surface area (Å²) in [7, 11) is 0. The minimum Gasteiger partial charge on any atom is -0.507 e. The predicted octanol–water partition coefficient (Wildman–Crippen LogP) is 5.61. The number of pyridine rings is 1. The number of hydrogen-bond acceptors (Lipinski definition) is 5. The molecule has 0 saturated carbocycles. The van der Waals surface area contributed by atoms with Crippen LogP contribution in [0.4, 0.5) is 5.69 Å². The number of aliphatic hydroxyl groups excluding tert-OH is 1. The number of benzene rings is 2. The molecule has 1 N–H and O–H groups in total. The first kappa shape index (κ1) is 24.2. The number of carbonyl (C=O) groups is 2. The lowest BCUT2D eigenvalue weighted by molar-refractivity contribution is -0.132. The minimum atomic E-state index is -0.775. The maximum atomic E-state index is 13.3. The molecule has 180 valence electrons. The van der Waals surface area contributed by atoms with E-state index in [0.29, 0.717) is 29.3 Å². The van der Waals surface area contributed by atoms with Crippen LogP contribution in [0.5, 0.6) is 5.75 Å². The van der Waals surface area contributed by atoms with E-state index in [0.717, 1.165) is 23.3 Å². The lowest BCUT2D eigenvalue weighted by Gasteiger charge is -2.25. The number of rotatable bonds is 7. The van der Waals surface area contributed by atoms with Gasteiger partial charge >= 0.3 is 0 Å². The highest BCUT2D eigenvalue weighted by Gasteiger charge is 2.47. The van der Waals surface area contributed by atoms with E-state index < -0.39 is 17.7 Å². The van der Waals surface area contributed by atoms with Gasteiger partial charge in [-0.15, -0.1) is 0 Å². The molecule has 2 aromatic carbocycles. The van der Waals surface area contributed by atoms with Gasteiger partial charge in [0, 0.05) is 23.6 Å². The molecule has 1 saturated heterocycles. The molecule has 1 aromatic heterocycles. The molecule has 1 fully saturated rings. The van der Waals surface area contributed by atoms with E-state index in [9.17, 15) is 14.7 Å². The summed E-state index contributed by atoms with van der Waals surface area (Å²) in [6.45, 7) is 8.67. The third-order valence-electron chi connectivity index (χ3n) is 6.11. The Hall–Kier alpha value is -3.93. The van der Waals surface area contributed by atoms with E-state index in [-0.39, 0.29) is 11.3 Å². The molecular formula is C29H30N2O4. The highest BCUT2D eigenvalue weighted by Crippen LogP contribution is 2.42. The van der Waals surface area contributed by atoms with Crippen molar-refractivity contribution in [1.29, 1.82) is 0 Å². The molecule has 0 radical (unpaired) electrons. The number of aryl methyl sites for hydroxylation is 2. The van der Waals surface area contributed by atoms with Gasteiger partial charge in [0.25, 0.3) is 11.7 Å². The third kappa shape index (κ3) is 4.83. The maximum Gasteiger partial charge on any atom is 0.300 e. The second-order valence-corrected chi connectivity index (χ2v) is 9.15. The maximum absolute atomic E-state index is 13.3. The molecule has 1 amide bonds. The van der Waals surface area contributed by atoms with Crippen LogP contribution in [0, 0.1) is 12.8 Å². The fourth-order valence-electron chi connectivity index (χ4n) is 4.22. The van der Waals surface area contributed by atoms with Crippen molar-refractivity contribution in [1.82, 2.24) is 4.98 Å². The van der Waals surface area contributed by atoms with E-state index >= 15 is 0 Å². The van der Waals surface area contributed by atoms with Gasteiger partial charge in [0.1, 0.15) is 11.5 Å². The highest BCUT2D eigenvalue weighted by atomic mass is 16.5. The van der Waals surface area contributed by atoms with Crippen molar-refractivity contribution < 1.29 is 19.4 Å². The molecule has 4 rings (SSSR count). The molecule has 6 heteroatoms. The monoisotopic (exact) mass is 470 g/mol. The van der Waals surface area contributed by atoms with Gasteiger partial charge in [-0.3, -0.25) is 19.5 Å². The Labute approximate surface area is 205 Å². The molecule has 0 aliphatic carbocycles. The highest BCUT2D eigenvalue weighted by molar-refractivity contribution is 6.51. The van der Waals surface area contributed by atoms with Gasteiger partial charge < -0.3 is 9.84 Å². The quantitative estimate of drug-likeness (QED) is 0.276. The van der Waals surface area contributed by atoms with E-state index in [1.807, 2.05) is 31.2 Å². The summed E-state index contributed by atoms with van der Waals surface area (Å²) in [6, 6.07) is 15.6. The van der Waals surface area contributed by atoms with Crippen LogP contribution in [0.25, 0.3) is 5.76 Å². The molecule has 1 atom stereocenters. The topological polar surface area (TPSA) is 79.7 Å². The van der Waals surface area contributed by atoms with Gasteiger partial charge in [0.2, 0.25) is 0 Å². The average molecular weight is 471 g/mol. The Balaban J connectivity index is 1.82. The van der Waals surface area contributed by atoms with Gasteiger partial charge in [-0.1, -0.05) is 32.9 Å². The van der Waals surface area contributed by atoms with Crippen LogP contribution in [0.1, 0.15) is 49.1 Å². The van der Waals surface area contributed by atoms with Crippen molar-refractivity contribution in [2.24, 2.45) is 5.92 Å². The van der Waals surface area contributed by atoms with Crippen molar-refractivity contribution in [2.75, 3.05) is 11.5 Å². The zero-order chi connectivity index (χ0) is 25.1. The van der Waals surface area contributed by atoms with Gasteiger partial charge in [0.15, 0.2) is 0 Å². The fraction of sp³-hybridized carbons (Fsp3) is 0.276. The lowest BCUT2D eigenvalue weighted by Crippen LogP contribution is -2.29. The lowest BCUT2D eigenvalue weighted by atomic mass is 9.95. The first-order valence-electron chi connectivity index (χ1n) is 11.9. The minimum absolute atomic E-state index is 0.0519. The second-order valence-electron chi connectivity index (χ2n) is 9.15. The molecule has 2 heterocycles. The van der Waals surface area contributed by atoms with Crippen molar-refractivity contribution in [3.05, 3.63) is 94.8 Å². The fourth-order valence-corrected chi connectivity index (χ4v) is 4.22. The number of ketones is 1. The summed E-state index contributed by atoms with van der Waals surface area (Å²) in [6.07, 6.45) is 4.09. The van der Waals surface area contributed by atoms with Gasteiger partial charge in [-0.05, 0) is 78.4 Å². The molecular weight excluding hydrogens is 440 g/mol. The first-order valence-corrected chi connectivity index (χ1v) is 11.9. The number of ether oxygens (including phenoxy) is 1. The normalized spacial score (nSPS) is 17.3. The van der Waals surface area contributed by atoms with Gasteiger partial charge in [-0.25, -0.2) is 0 Å². The number of amides is 1. The number of Topliss-reactive ketones (excluding diaryl/α,β-unsaturated/α-hetero) is 1. The van der Waals surface area contributed by atoms with E-state index in [1.54, 1.807) is 42.7 Å². The Morgan fingerprint density at radius 1 is 1.06 bits per heavy atom. The molecule has 6 nitrogen and oxygen atoms in total. The summed E-state index contributed by atoms with van der Waals surface area (Å²) < 4.78 is 5.85. The third-order valence-corrected chi connectivity index (χ3v) is 6.11. The number of hydrogen-bond donors (Lipinski definition) is 1. The van der Waals surface area contributed by atoms with E-state index in [2.05, 4.69) is 25.8 Å². The summed E-state index contributed by atoms with van der Waals surface area (Å²) in [5.74, 6) is -0.508. The Morgan fingerprint density at radius 3 is 2.34 bits per heavy atom. The Kier molecular flexibility index (Phi) is 7.01. The molecule has 35 heavy (non-hydrogen) atoms. The SMILES string of the molecule is CCc1ccc(N2C(=O)C(=O)/C(=C(\O)c3ccc(OCC(C)C)c(C)c3)C2c2ccncc2)cc1. The predicted molar refractivity (Wildman–Crippen MR) is 136 cm³/mol. The van der Waals surface area contributed by atoms with Gasteiger partial charge in [-0.2, -0.15) is 0 Å². The molecule has 1 aliphatic heterocycles. The van der Waals surface area contributed by atoms with E-state index in [4.69, 9.17) is 4.74 Å². The second kappa shape index (κ2) is 10.1. The molecule has 1 aliphatic rings. The van der Waals surface area contributed by atoms with E-state index in [1.165, 1.54) is 4.90 Å². The Morgan fingerprint density at radius 2 is 1.74 bits per heavy atom. The number of nitrogens with zero attached hydrogens (tertiary/aromatic N) is 2. The molecule has 3 aromatic rings. The molecule has 0 bridgehead atoms. The number of aliphatic hydroxyl groups is 1. The molecule has 0 spiro atoms. The van der Waals surface area contributed by atoms with Crippen LogP contribution >= 0.6 is 0 Å². The smallest absolute Gasteiger partial charge is 0.300 e. The van der Waals surface area contributed by atoms with Crippen LogP contribution in [0.3, 0.4) is 0 Å². The summed E-state index contributed by atoms with van der Waals surface area (Å²) in [5.41, 5.74) is 3.75. The zero-order valence-electron chi connectivity index (χ0n) is 20.5. The standard InChI is InChI=1S/C29H30N2O4/c1-5-20-6-9-23(10-7-20)31-26(21-12-14-30-15-13-21)25(28(33)29(31)34)27(32)22-8-11-24(19(4)16-22)35-17-18(2)3/h6-16,18,26,32H,5,17H2,1-4H3/b27-25-. The summed E-state index contributed by atoms with van der Waals surface area (Å²) in [4.78, 5) is 32.1. The Bertz CT molecular complexity index is 1260. The number of aromatic nitrogens is 1. The van der Waals surface area contributed by atoms with Crippen LogP contribution in [-0.2, 0) is 16.0 Å². The summed E-state index contributed by atoms with van der Waals surface area (Å²) in [5, 5.41) is 11.3. The van der Waals surface area contributed by atoms with Crippen LogP contribution < -0.4 is 9.64 Å². The average Bonchev–Trinajstić information content (AvgIpc) is 3.13. The molecule has 1 unspecified atom stereocenters. The van der Waals surface area contributed by atoms with Crippen LogP contribution in [0.15, 0.2) is 72.6 Å². The van der Waals surface area contributed by atoms with Crippen LogP contribution in [-0.4, -0.2) is 28.4 Å². The first-order chi connectivity index (χ1) is 16.8. The zero-order valence-corrected chi connectivity index (χ0v) is 20.5. The van der Waals surface area contributed by atoms with Crippen molar-refractivity contribution in [3.8, 4) is 5.75 Å². The van der Waals surface area contributed by atoms with Crippen molar-refractivity contribution >= 4 is 23.1 Å². The summed E-state index contributed by atoms with van der Waals surface area (Å²) >= 11 is 0. The van der Waals surface area contributed by atoms with Crippen molar-refractivity contribution in [2.45, 2.75) is 40.2 Å². The largest absolute Gasteiger partial charge is 0.507 e. The van der Waals surface area contributed by atoms with Gasteiger partial charge in [0.05, 0.1) is 18.2 Å². The van der Waals surface area contributed by atoms with Crippen LogP contribution in [0.2, 0.25) is 0 Å². The van der Waals surface area contributed by atoms with Crippen molar-refractivity contribution in [3.63, 3.8) is 0 Å².